The molecule has 1 unspecified atom stereocenters. The van der Waals surface area contributed by atoms with Crippen molar-refractivity contribution < 1.29 is 9.59 Å². The normalized spacial score (nSPS) is 19.7. The number of nitrogens with one attached hydrogen (secondary N) is 2. The quantitative estimate of drug-likeness (QED) is 0.756. The number of hydrogen-bond acceptors (Lipinski definition) is 5. The van der Waals surface area contributed by atoms with Crippen molar-refractivity contribution in [3.05, 3.63) is 18.5 Å². The number of carbonyl (C=O) groups is 2. The average Bonchev–Trinajstić information content (AvgIpc) is 2.34. The number of amides is 2. The molecule has 1 aromatic rings. The summed E-state index contributed by atoms with van der Waals surface area (Å²) in [6.45, 7) is 4.72. The average molecular weight is 248 g/mol. The van der Waals surface area contributed by atoms with Gasteiger partial charge in [-0.1, -0.05) is 0 Å². The van der Waals surface area contributed by atoms with Crippen LogP contribution in [0, 0.1) is 0 Å². The highest BCUT2D eigenvalue weighted by Gasteiger charge is 2.30. The van der Waals surface area contributed by atoms with E-state index >= 15 is 0 Å². The molecule has 18 heavy (non-hydrogen) atoms. The number of hydrogen-bond donors (Lipinski definition) is 2. The van der Waals surface area contributed by atoms with Crippen LogP contribution in [0.3, 0.4) is 0 Å². The van der Waals surface area contributed by atoms with Crippen molar-refractivity contribution in [2.24, 2.45) is 0 Å². The maximum Gasteiger partial charge on any atom is 0.249 e. The van der Waals surface area contributed by atoms with Gasteiger partial charge in [0, 0.05) is 6.54 Å². The molecule has 1 fully saturated rings. The molecule has 2 N–H and O–H groups in total. The summed E-state index contributed by atoms with van der Waals surface area (Å²) in [5.41, 5.74) is 1.64. The van der Waals surface area contributed by atoms with Crippen molar-refractivity contribution in [3.8, 4) is 0 Å². The van der Waals surface area contributed by atoms with Crippen LogP contribution in [-0.4, -0.2) is 35.9 Å². The van der Waals surface area contributed by atoms with Crippen LogP contribution in [0.4, 0.5) is 11.4 Å². The first-order valence-corrected chi connectivity index (χ1v) is 5.91. The third-order valence-electron chi connectivity index (χ3n) is 2.86. The van der Waals surface area contributed by atoms with Crippen molar-refractivity contribution in [2.75, 3.05) is 23.3 Å². The fourth-order valence-electron chi connectivity index (χ4n) is 1.92. The molecule has 2 rings (SSSR count). The molecule has 2 heterocycles. The molecular formula is C12H16N4O2. The maximum absolute atomic E-state index is 11.6. The van der Waals surface area contributed by atoms with Crippen molar-refractivity contribution in [1.29, 1.82) is 0 Å². The summed E-state index contributed by atoms with van der Waals surface area (Å²) in [7, 11) is 0. The molecule has 0 saturated carbocycles. The van der Waals surface area contributed by atoms with E-state index in [4.69, 9.17) is 0 Å². The molecule has 0 spiro atoms. The molecule has 6 heteroatoms. The van der Waals surface area contributed by atoms with Crippen LogP contribution in [0.5, 0.6) is 0 Å². The number of carbonyl (C=O) groups excluding carboxylic acids is 2. The smallest absolute Gasteiger partial charge is 0.249 e. The molecule has 1 aromatic heterocycles. The third kappa shape index (κ3) is 2.42. The van der Waals surface area contributed by atoms with Gasteiger partial charge < -0.3 is 10.2 Å². The predicted molar refractivity (Wildman–Crippen MR) is 68.4 cm³/mol. The minimum Gasteiger partial charge on any atom is -0.384 e. The molecular weight excluding hydrogens is 232 g/mol. The van der Waals surface area contributed by atoms with E-state index in [0.29, 0.717) is 0 Å². The van der Waals surface area contributed by atoms with E-state index < -0.39 is 0 Å². The molecule has 0 aliphatic carbocycles. The van der Waals surface area contributed by atoms with Gasteiger partial charge in [0.05, 0.1) is 30.3 Å². The van der Waals surface area contributed by atoms with E-state index in [1.165, 1.54) is 0 Å². The van der Waals surface area contributed by atoms with Crippen LogP contribution in [0.25, 0.3) is 0 Å². The van der Waals surface area contributed by atoms with Gasteiger partial charge in [0.15, 0.2) is 0 Å². The second-order valence-electron chi connectivity index (χ2n) is 4.18. The Morgan fingerprint density at radius 3 is 3.00 bits per heavy atom. The van der Waals surface area contributed by atoms with Crippen LogP contribution < -0.4 is 15.5 Å². The van der Waals surface area contributed by atoms with Crippen molar-refractivity contribution in [2.45, 2.75) is 19.9 Å². The molecule has 0 bridgehead atoms. The Hall–Kier alpha value is -2.11. The van der Waals surface area contributed by atoms with Crippen molar-refractivity contribution in [1.82, 2.24) is 10.3 Å². The first-order chi connectivity index (χ1) is 8.61. The molecule has 1 aliphatic heterocycles. The van der Waals surface area contributed by atoms with Gasteiger partial charge in [0.2, 0.25) is 11.8 Å². The lowest BCUT2D eigenvalue weighted by Crippen LogP contribution is -2.57. The lowest BCUT2D eigenvalue weighted by molar-refractivity contribution is -0.132. The first kappa shape index (κ1) is 12.3. The summed E-state index contributed by atoms with van der Waals surface area (Å²) in [6, 6.07) is 1.51. The number of imide groups is 1. The van der Waals surface area contributed by atoms with Gasteiger partial charge in [0.25, 0.3) is 0 Å². The highest BCUT2D eigenvalue weighted by atomic mass is 16.2. The molecule has 6 nitrogen and oxygen atoms in total. The molecule has 1 atom stereocenters. The lowest BCUT2D eigenvalue weighted by atomic mass is 10.2. The Morgan fingerprint density at radius 2 is 2.28 bits per heavy atom. The second kappa shape index (κ2) is 5.03. The number of nitrogens with zero attached hydrogens (tertiary/aromatic N) is 2. The minimum atomic E-state index is -0.374. The highest BCUT2D eigenvalue weighted by Crippen LogP contribution is 2.21. The molecule has 96 valence electrons. The Morgan fingerprint density at radius 1 is 1.50 bits per heavy atom. The number of pyridine rings is 1. The predicted octanol–water partition coefficient (Wildman–Crippen LogP) is 0.365. The van der Waals surface area contributed by atoms with E-state index in [2.05, 4.69) is 15.6 Å². The number of piperazine rings is 1. The van der Waals surface area contributed by atoms with Gasteiger partial charge in [0.1, 0.15) is 6.04 Å². The molecule has 1 saturated heterocycles. The molecule has 1 aliphatic rings. The number of rotatable bonds is 3. The summed E-state index contributed by atoms with van der Waals surface area (Å²) in [5.74, 6) is -0.563. The summed E-state index contributed by atoms with van der Waals surface area (Å²) in [5, 5.41) is 5.46. The van der Waals surface area contributed by atoms with Gasteiger partial charge in [-0.05, 0) is 19.9 Å². The zero-order valence-electron chi connectivity index (χ0n) is 10.4. The first-order valence-electron chi connectivity index (χ1n) is 5.91. The van der Waals surface area contributed by atoms with Gasteiger partial charge in [-0.2, -0.15) is 0 Å². The van der Waals surface area contributed by atoms with Gasteiger partial charge in [-0.15, -0.1) is 0 Å². The molecule has 0 aromatic carbocycles. The summed E-state index contributed by atoms with van der Waals surface area (Å²) in [6.07, 6.45) is 3.37. The number of aromatic nitrogens is 1. The molecule has 0 radical (unpaired) electrons. The minimum absolute atomic E-state index is 0.171. The van der Waals surface area contributed by atoms with Crippen LogP contribution in [0.2, 0.25) is 0 Å². The Kier molecular flexibility index (Phi) is 3.45. The Labute approximate surface area is 105 Å². The monoisotopic (exact) mass is 248 g/mol. The Balaban J connectivity index is 2.26. The van der Waals surface area contributed by atoms with Crippen molar-refractivity contribution in [3.63, 3.8) is 0 Å². The van der Waals surface area contributed by atoms with Crippen molar-refractivity contribution >= 4 is 23.2 Å². The van der Waals surface area contributed by atoms with E-state index in [9.17, 15) is 9.59 Å². The zero-order chi connectivity index (χ0) is 13.1. The van der Waals surface area contributed by atoms with E-state index in [-0.39, 0.29) is 24.4 Å². The van der Waals surface area contributed by atoms with Crippen LogP contribution in [0.15, 0.2) is 18.5 Å². The van der Waals surface area contributed by atoms with Gasteiger partial charge >= 0.3 is 0 Å². The van der Waals surface area contributed by atoms with E-state index in [1.54, 1.807) is 24.2 Å². The summed E-state index contributed by atoms with van der Waals surface area (Å²) in [4.78, 5) is 28.9. The van der Waals surface area contributed by atoms with E-state index in [1.807, 2.05) is 13.0 Å². The number of anilines is 2. The summed E-state index contributed by atoms with van der Waals surface area (Å²) < 4.78 is 0. The largest absolute Gasteiger partial charge is 0.384 e. The molecule has 2 amide bonds. The highest BCUT2D eigenvalue weighted by molar-refractivity contribution is 6.04. The Bertz CT molecular complexity index is 475. The summed E-state index contributed by atoms with van der Waals surface area (Å²) >= 11 is 0. The van der Waals surface area contributed by atoms with Gasteiger partial charge in [-0.25, -0.2) is 0 Å². The maximum atomic E-state index is 11.6. The second-order valence-corrected chi connectivity index (χ2v) is 4.18. The standard InChI is InChI=1S/C12H16N4O2/c1-3-14-9-4-10(6-13-5-9)16-7-11(17)15-12(18)8(16)2/h4-6,8,14H,3,7H2,1-2H3,(H,15,17,18). The topological polar surface area (TPSA) is 74.3 Å². The fourth-order valence-corrected chi connectivity index (χ4v) is 1.92. The lowest BCUT2D eigenvalue weighted by Gasteiger charge is -2.33. The third-order valence-corrected chi connectivity index (χ3v) is 2.86. The van der Waals surface area contributed by atoms with Crippen LogP contribution >= 0.6 is 0 Å². The van der Waals surface area contributed by atoms with Crippen LogP contribution in [0.1, 0.15) is 13.8 Å². The zero-order valence-corrected chi connectivity index (χ0v) is 10.4. The SMILES string of the molecule is CCNc1cncc(N2CC(=O)NC(=O)C2C)c1. The van der Waals surface area contributed by atoms with Gasteiger partial charge in [-0.3, -0.25) is 19.9 Å². The fraction of sp³-hybridized carbons (Fsp3) is 0.417. The van der Waals surface area contributed by atoms with Crippen LogP contribution in [-0.2, 0) is 9.59 Å². The van der Waals surface area contributed by atoms with E-state index in [0.717, 1.165) is 17.9 Å².